The van der Waals surface area contributed by atoms with Crippen molar-refractivity contribution in [1.29, 1.82) is 0 Å². The molecule has 0 saturated carbocycles. The van der Waals surface area contributed by atoms with Crippen LogP contribution in [0.1, 0.15) is 11.1 Å². The number of benzene rings is 3. The van der Waals surface area contributed by atoms with Gasteiger partial charge >= 0.3 is 0 Å². The molecule has 3 aromatic rings. The Kier molecular flexibility index (Phi) is 7.43. The number of nitro benzene ring substituents is 1. The van der Waals surface area contributed by atoms with Crippen LogP contribution in [-0.4, -0.2) is 32.9 Å². The number of methoxy groups -OCH3 is 1. The molecule has 0 aliphatic rings. The number of amides is 1. The first-order valence-electron chi connectivity index (χ1n) is 10.0. The van der Waals surface area contributed by atoms with Gasteiger partial charge in [-0.15, -0.1) is 0 Å². The number of sulfonamides is 1. The third-order valence-corrected chi connectivity index (χ3v) is 6.99. The van der Waals surface area contributed by atoms with E-state index in [9.17, 15) is 23.3 Å². The zero-order valence-corrected chi connectivity index (χ0v) is 20.2. The number of nitro groups is 1. The summed E-state index contributed by atoms with van der Waals surface area (Å²) in [4.78, 5) is 23.2. The summed E-state index contributed by atoms with van der Waals surface area (Å²) in [6.07, 6.45) is 0. The fourth-order valence-corrected chi connectivity index (χ4v) is 4.81. The summed E-state index contributed by atoms with van der Waals surface area (Å²) in [6.45, 7) is 2.77. The molecular formula is C23H22ClN3O6S. The normalized spacial score (nSPS) is 11.1. The number of carbonyl (C=O) groups excluding carboxylic acids is 1. The fourth-order valence-electron chi connectivity index (χ4n) is 3.20. The van der Waals surface area contributed by atoms with Gasteiger partial charge in [0.2, 0.25) is 5.91 Å². The largest absolute Gasteiger partial charge is 0.495 e. The lowest BCUT2D eigenvalue weighted by Crippen LogP contribution is -2.38. The predicted molar refractivity (Wildman–Crippen MR) is 130 cm³/mol. The van der Waals surface area contributed by atoms with Crippen molar-refractivity contribution in [2.75, 3.05) is 23.3 Å². The minimum absolute atomic E-state index is 0.0114. The smallest absolute Gasteiger partial charge is 0.273 e. The molecule has 1 N–H and O–H groups in total. The average molecular weight is 504 g/mol. The maximum absolute atomic E-state index is 13.7. The van der Waals surface area contributed by atoms with Crippen LogP contribution in [0.3, 0.4) is 0 Å². The molecule has 34 heavy (non-hydrogen) atoms. The Morgan fingerprint density at radius 3 is 2.38 bits per heavy atom. The number of halogens is 1. The number of hydrogen-bond acceptors (Lipinski definition) is 6. The van der Waals surface area contributed by atoms with Crippen molar-refractivity contribution in [3.05, 3.63) is 86.9 Å². The van der Waals surface area contributed by atoms with Gasteiger partial charge in [0.15, 0.2) is 0 Å². The minimum Gasteiger partial charge on any atom is -0.495 e. The molecule has 0 unspecified atom stereocenters. The van der Waals surface area contributed by atoms with Gasteiger partial charge in [-0.3, -0.25) is 19.2 Å². The molecule has 9 nitrogen and oxygen atoms in total. The highest BCUT2D eigenvalue weighted by Crippen LogP contribution is 2.35. The topological polar surface area (TPSA) is 119 Å². The van der Waals surface area contributed by atoms with Crippen LogP contribution in [0.4, 0.5) is 17.1 Å². The number of hydrogen-bond donors (Lipinski definition) is 1. The Bertz CT molecular complexity index is 1340. The van der Waals surface area contributed by atoms with E-state index in [4.69, 9.17) is 16.3 Å². The molecule has 0 bridgehead atoms. The van der Waals surface area contributed by atoms with Crippen molar-refractivity contribution in [3.8, 4) is 5.75 Å². The first-order valence-corrected chi connectivity index (χ1v) is 11.8. The summed E-state index contributed by atoms with van der Waals surface area (Å²) < 4.78 is 33.4. The molecular weight excluding hydrogens is 482 g/mol. The third kappa shape index (κ3) is 5.46. The number of anilines is 2. The highest BCUT2D eigenvalue weighted by Gasteiger charge is 2.31. The van der Waals surface area contributed by atoms with E-state index in [0.29, 0.717) is 11.3 Å². The fraction of sp³-hybridized carbons (Fsp3) is 0.174. The van der Waals surface area contributed by atoms with Crippen LogP contribution in [0, 0.1) is 24.0 Å². The van der Waals surface area contributed by atoms with E-state index in [-0.39, 0.29) is 27.0 Å². The Morgan fingerprint density at radius 2 is 1.76 bits per heavy atom. The van der Waals surface area contributed by atoms with Gasteiger partial charge in [0.1, 0.15) is 12.3 Å². The second-order valence-corrected chi connectivity index (χ2v) is 9.75. The number of nitrogens with zero attached hydrogens (tertiary/aromatic N) is 2. The van der Waals surface area contributed by atoms with Crippen LogP contribution < -0.4 is 14.4 Å². The van der Waals surface area contributed by atoms with Crippen LogP contribution >= 0.6 is 11.6 Å². The van der Waals surface area contributed by atoms with Gasteiger partial charge in [-0.1, -0.05) is 35.4 Å². The van der Waals surface area contributed by atoms with E-state index in [2.05, 4.69) is 5.32 Å². The van der Waals surface area contributed by atoms with Gasteiger partial charge in [0, 0.05) is 22.3 Å². The molecule has 0 aromatic heterocycles. The number of rotatable bonds is 8. The van der Waals surface area contributed by atoms with Gasteiger partial charge in [0.25, 0.3) is 15.7 Å². The van der Waals surface area contributed by atoms with E-state index in [1.807, 2.05) is 6.92 Å². The molecule has 0 spiro atoms. The second kappa shape index (κ2) is 10.1. The summed E-state index contributed by atoms with van der Waals surface area (Å²) in [7, 11) is -3.09. The number of nitrogens with one attached hydrogen (secondary N) is 1. The molecule has 0 fully saturated rings. The van der Waals surface area contributed by atoms with Crippen molar-refractivity contribution in [3.63, 3.8) is 0 Å². The SMILES string of the molecule is COc1ccc(Cl)cc1N(CC(=O)Nc1ccc(C)cc1)S(=O)(=O)c1ccc(C)c([N+](=O)[O-])c1. The van der Waals surface area contributed by atoms with Gasteiger partial charge in [-0.25, -0.2) is 8.42 Å². The number of ether oxygens (including phenoxy) is 1. The van der Waals surface area contributed by atoms with Crippen LogP contribution in [0.2, 0.25) is 5.02 Å². The maximum Gasteiger partial charge on any atom is 0.273 e. The summed E-state index contributed by atoms with van der Waals surface area (Å²) in [5, 5.41) is 14.3. The molecule has 3 aromatic carbocycles. The zero-order valence-electron chi connectivity index (χ0n) is 18.6. The Hall–Kier alpha value is -3.63. The Balaban J connectivity index is 2.09. The summed E-state index contributed by atoms with van der Waals surface area (Å²) in [5.74, 6) is -0.478. The highest BCUT2D eigenvalue weighted by molar-refractivity contribution is 7.92. The van der Waals surface area contributed by atoms with Crippen molar-refractivity contribution < 1.29 is 22.9 Å². The molecule has 0 aliphatic carbocycles. The van der Waals surface area contributed by atoms with E-state index >= 15 is 0 Å². The van der Waals surface area contributed by atoms with Crippen LogP contribution in [-0.2, 0) is 14.8 Å². The van der Waals surface area contributed by atoms with Gasteiger partial charge in [-0.2, -0.15) is 0 Å². The molecule has 0 aliphatic heterocycles. The molecule has 3 rings (SSSR count). The van der Waals surface area contributed by atoms with Crippen molar-refractivity contribution in [1.82, 2.24) is 0 Å². The number of aryl methyl sites for hydroxylation is 2. The highest BCUT2D eigenvalue weighted by atomic mass is 35.5. The van der Waals surface area contributed by atoms with Gasteiger partial charge in [-0.05, 0) is 50.2 Å². The van der Waals surface area contributed by atoms with E-state index in [1.54, 1.807) is 24.3 Å². The number of carbonyl (C=O) groups is 1. The van der Waals surface area contributed by atoms with E-state index in [1.165, 1.54) is 44.4 Å². The molecule has 0 radical (unpaired) electrons. The standard InChI is InChI=1S/C23H22ClN3O6S/c1-15-4-8-18(9-5-15)25-23(28)14-26(21-12-17(24)7-11-22(21)33-3)34(31,32)19-10-6-16(2)20(13-19)27(29)30/h4-13H,14H2,1-3H3,(H,25,28). The summed E-state index contributed by atoms with van der Waals surface area (Å²) >= 11 is 6.12. The lowest BCUT2D eigenvalue weighted by Gasteiger charge is -2.26. The van der Waals surface area contributed by atoms with Crippen molar-refractivity contribution in [2.24, 2.45) is 0 Å². The Labute approximate surface area is 202 Å². The lowest BCUT2D eigenvalue weighted by atomic mass is 10.2. The minimum atomic E-state index is -4.44. The van der Waals surface area contributed by atoms with Crippen molar-refractivity contribution in [2.45, 2.75) is 18.7 Å². The zero-order chi connectivity index (χ0) is 25.0. The predicted octanol–water partition coefficient (Wildman–Crippen LogP) is 4.71. The first kappa shape index (κ1) is 25.0. The quantitative estimate of drug-likeness (QED) is 0.351. The van der Waals surface area contributed by atoms with Gasteiger partial charge < -0.3 is 10.1 Å². The van der Waals surface area contributed by atoms with Crippen LogP contribution in [0.5, 0.6) is 5.75 Å². The average Bonchev–Trinajstić information content (AvgIpc) is 2.79. The Morgan fingerprint density at radius 1 is 1.09 bits per heavy atom. The molecule has 0 atom stereocenters. The molecule has 1 amide bonds. The van der Waals surface area contributed by atoms with E-state index in [0.717, 1.165) is 15.9 Å². The third-order valence-electron chi connectivity index (χ3n) is 5.00. The van der Waals surface area contributed by atoms with E-state index < -0.39 is 27.4 Å². The molecule has 0 heterocycles. The van der Waals surface area contributed by atoms with Crippen molar-refractivity contribution >= 4 is 44.6 Å². The monoisotopic (exact) mass is 503 g/mol. The molecule has 0 saturated heterocycles. The summed E-state index contributed by atoms with van der Waals surface area (Å²) in [6, 6.07) is 14.9. The second-order valence-electron chi connectivity index (χ2n) is 7.45. The lowest BCUT2D eigenvalue weighted by molar-refractivity contribution is -0.385. The van der Waals surface area contributed by atoms with Gasteiger partial charge in [0.05, 0.1) is 22.6 Å². The molecule has 11 heteroatoms. The molecule has 178 valence electrons. The first-order chi connectivity index (χ1) is 16.0. The van der Waals surface area contributed by atoms with Crippen LogP contribution in [0.25, 0.3) is 0 Å². The maximum atomic E-state index is 13.7. The van der Waals surface area contributed by atoms with Crippen LogP contribution in [0.15, 0.2) is 65.6 Å². The summed E-state index contributed by atoms with van der Waals surface area (Å²) in [5.41, 5.74) is 1.43.